The number of halogens is 1. The van der Waals surface area contributed by atoms with Crippen molar-refractivity contribution in [1.82, 2.24) is 0 Å². The molecule has 1 N–H and O–H groups in total. The lowest BCUT2D eigenvalue weighted by atomic mass is 10.1. The van der Waals surface area contributed by atoms with Gasteiger partial charge < -0.3 is 10.0 Å². The highest BCUT2D eigenvalue weighted by Gasteiger charge is 2.15. The van der Waals surface area contributed by atoms with E-state index in [2.05, 4.69) is 32.6 Å². The minimum Gasteiger partial charge on any atom is -0.392 e. The minimum absolute atomic E-state index is 0.0494. The van der Waals surface area contributed by atoms with Crippen molar-refractivity contribution in [2.45, 2.75) is 40.3 Å². The van der Waals surface area contributed by atoms with Crippen LogP contribution in [0.2, 0.25) is 5.02 Å². The zero-order valence-corrected chi connectivity index (χ0v) is 11.8. The molecule has 0 aliphatic heterocycles. The zero-order chi connectivity index (χ0) is 13.0. The molecule has 0 aromatic heterocycles. The number of rotatable bonds is 5. The molecule has 0 heterocycles. The van der Waals surface area contributed by atoms with Gasteiger partial charge in [-0.25, -0.2) is 0 Å². The van der Waals surface area contributed by atoms with Crippen molar-refractivity contribution in [3.05, 3.63) is 28.8 Å². The van der Waals surface area contributed by atoms with Crippen LogP contribution in [0, 0.1) is 5.92 Å². The molecule has 1 aromatic carbocycles. The Morgan fingerprint density at radius 2 is 1.88 bits per heavy atom. The maximum atomic E-state index is 9.40. The van der Waals surface area contributed by atoms with Gasteiger partial charge in [-0.05, 0) is 31.9 Å². The van der Waals surface area contributed by atoms with E-state index in [0.29, 0.717) is 17.0 Å². The summed E-state index contributed by atoms with van der Waals surface area (Å²) in [4.78, 5) is 2.29. The molecule has 1 rings (SSSR count). The van der Waals surface area contributed by atoms with E-state index in [9.17, 15) is 5.11 Å². The maximum absolute atomic E-state index is 9.40. The Labute approximate surface area is 109 Å². The van der Waals surface area contributed by atoms with Gasteiger partial charge in [-0.3, -0.25) is 0 Å². The van der Waals surface area contributed by atoms with Crippen LogP contribution in [0.4, 0.5) is 5.69 Å². The minimum atomic E-state index is 0.0494. The Balaban J connectivity index is 3.11. The largest absolute Gasteiger partial charge is 0.392 e. The first kappa shape index (κ1) is 14.3. The summed E-state index contributed by atoms with van der Waals surface area (Å²) in [6, 6.07) is 6.05. The molecule has 0 bridgehead atoms. The predicted octanol–water partition coefficient (Wildman–Crippen LogP) is 3.70. The first-order valence-electron chi connectivity index (χ1n) is 6.11. The Morgan fingerprint density at radius 1 is 1.24 bits per heavy atom. The van der Waals surface area contributed by atoms with Gasteiger partial charge >= 0.3 is 0 Å². The SMILES string of the molecule is CC(C)CN(c1cc(Cl)ccc1CO)C(C)C. The number of aliphatic hydroxyl groups excluding tert-OH is 1. The lowest BCUT2D eigenvalue weighted by Crippen LogP contribution is -2.34. The second-order valence-electron chi connectivity index (χ2n) is 5.07. The highest BCUT2D eigenvalue weighted by Crippen LogP contribution is 2.27. The third kappa shape index (κ3) is 3.90. The van der Waals surface area contributed by atoms with E-state index >= 15 is 0 Å². The molecule has 0 fully saturated rings. The lowest BCUT2D eigenvalue weighted by molar-refractivity contribution is 0.281. The van der Waals surface area contributed by atoms with Gasteiger partial charge in [0.1, 0.15) is 0 Å². The molecule has 2 nitrogen and oxygen atoms in total. The molecule has 0 spiro atoms. The fourth-order valence-electron chi connectivity index (χ4n) is 1.92. The predicted molar refractivity (Wildman–Crippen MR) is 74.7 cm³/mol. The fraction of sp³-hybridized carbons (Fsp3) is 0.571. The fourth-order valence-corrected chi connectivity index (χ4v) is 2.09. The number of hydrogen-bond acceptors (Lipinski definition) is 2. The number of anilines is 1. The third-order valence-corrected chi connectivity index (χ3v) is 2.95. The van der Waals surface area contributed by atoms with E-state index in [4.69, 9.17) is 11.6 Å². The molecule has 0 aliphatic carbocycles. The Morgan fingerprint density at radius 3 is 2.35 bits per heavy atom. The van der Waals surface area contributed by atoms with Crippen molar-refractivity contribution in [2.75, 3.05) is 11.4 Å². The van der Waals surface area contributed by atoms with Crippen LogP contribution >= 0.6 is 11.6 Å². The summed E-state index contributed by atoms with van der Waals surface area (Å²) in [6.07, 6.45) is 0. The summed E-state index contributed by atoms with van der Waals surface area (Å²) in [6.45, 7) is 9.71. The number of nitrogens with zero attached hydrogens (tertiary/aromatic N) is 1. The molecule has 0 aliphatic rings. The highest BCUT2D eigenvalue weighted by atomic mass is 35.5. The van der Waals surface area contributed by atoms with Crippen molar-refractivity contribution < 1.29 is 5.11 Å². The summed E-state index contributed by atoms with van der Waals surface area (Å²) in [7, 11) is 0. The van der Waals surface area contributed by atoms with Crippen LogP contribution in [-0.2, 0) is 6.61 Å². The van der Waals surface area contributed by atoms with Gasteiger partial charge in [0.25, 0.3) is 0 Å². The van der Waals surface area contributed by atoms with E-state index in [1.54, 1.807) is 0 Å². The zero-order valence-electron chi connectivity index (χ0n) is 11.1. The molecule has 0 saturated heterocycles. The van der Waals surface area contributed by atoms with Gasteiger partial charge in [-0.2, -0.15) is 0 Å². The molecular weight excluding hydrogens is 234 g/mol. The van der Waals surface area contributed by atoms with Gasteiger partial charge in [0, 0.05) is 28.9 Å². The summed E-state index contributed by atoms with van der Waals surface area (Å²) in [5.74, 6) is 0.572. The lowest BCUT2D eigenvalue weighted by Gasteiger charge is -2.32. The van der Waals surface area contributed by atoms with E-state index in [1.165, 1.54) is 0 Å². The van der Waals surface area contributed by atoms with Gasteiger partial charge in [0.2, 0.25) is 0 Å². The van der Waals surface area contributed by atoms with Crippen LogP contribution in [-0.4, -0.2) is 17.7 Å². The Hall–Kier alpha value is -0.730. The average Bonchev–Trinajstić information content (AvgIpc) is 2.25. The van der Waals surface area contributed by atoms with E-state index in [0.717, 1.165) is 17.8 Å². The molecule has 96 valence electrons. The van der Waals surface area contributed by atoms with Crippen LogP contribution in [0.1, 0.15) is 33.3 Å². The Bertz CT molecular complexity index is 363. The van der Waals surface area contributed by atoms with Crippen molar-refractivity contribution >= 4 is 17.3 Å². The second-order valence-corrected chi connectivity index (χ2v) is 5.51. The Kier molecular flexibility index (Phi) is 5.29. The summed E-state index contributed by atoms with van der Waals surface area (Å²) >= 11 is 6.05. The van der Waals surface area contributed by atoms with Crippen LogP contribution in [0.3, 0.4) is 0 Å². The molecule has 0 unspecified atom stereocenters. The molecule has 0 amide bonds. The number of aliphatic hydroxyl groups is 1. The van der Waals surface area contributed by atoms with E-state index in [-0.39, 0.29) is 6.61 Å². The quantitative estimate of drug-likeness (QED) is 0.867. The van der Waals surface area contributed by atoms with E-state index in [1.807, 2.05) is 18.2 Å². The number of benzene rings is 1. The summed E-state index contributed by atoms with van der Waals surface area (Å²) in [5.41, 5.74) is 1.98. The van der Waals surface area contributed by atoms with Crippen molar-refractivity contribution in [2.24, 2.45) is 5.92 Å². The van der Waals surface area contributed by atoms with Crippen molar-refractivity contribution in [3.63, 3.8) is 0 Å². The van der Waals surface area contributed by atoms with Gasteiger partial charge in [-0.15, -0.1) is 0 Å². The van der Waals surface area contributed by atoms with Crippen LogP contribution in [0.15, 0.2) is 18.2 Å². The first-order valence-corrected chi connectivity index (χ1v) is 6.49. The van der Waals surface area contributed by atoms with Gasteiger partial charge in [0.15, 0.2) is 0 Å². The monoisotopic (exact) mass is 255 g/mol. The highest BCUT2D eigenvalue weighted by molar-refractivity contribution is 6.30. The molecule has 0 radical (unpaired) electrons. The number of hydrogen-bond donors (Lipinski definition) is 1. The average molecular weight is 256 g/mol. The first-order chi connectivity index (χ1) is 7.95. The van der Waals surface area contributed by atoms with Crippen LogP contribution < -0.4 is 4.90 Å². The molecule has 0 saturated carbocycles. The van der Waals surface area contributed by atoms with Gasteiger partial charge in [0.05, 0.1) is 6.61 Å². The van der Waals surface area contributed by atoms with Crippen LogP contribution in [0.5, 0.6) is 0 Å². The summed E-state index contributed by atoms with van der Waals surface area (Å²) < 4.78 is 0. The molecule has 17 heavy (non-hydrogen) atoms. The third-order valence-electron chi connectivity index (χ3n) is 2.71. The normalized spacial score (nSPS) is 11.3. The molecule has 1 aromatic rings. The van der Waals surface area contributed by atoms with Crippen molar-refractivity contribution in [1.29, 1.82) is 0 Å². The molecule has 3 heteroatoms. The smallest absolute Gasteiger partial charge is 0.0702 e. The van der Waals surface area contributed by atoms with Crippen molar-refractivity contribution in [3.8, 4) is 0 Å². The maximum Gasteiger partial charge on any atom is 0.0702 e. The summed E-state index contributed by atoms with van der Waals surface area (Å²) in [5, 5.41) is 10.1. The second kappa shape index (κ2) is 6.27. The van der Waals surface area contributed by atoms with Gasteiger partial charge in [-0.1, -0.05) is 31.5 Å². The van der Waals surface area contributed by atoms with E-state index < -0.39 is 0 Å². The van der Waals surface area contributed by atoms with Crippen LogP contribution in [0.25, 0.3) is 0 Å². The molecule has 0 atom stereocenters. The topological polar surface area (TPSA) is 23.5 Å². The standard InChI is InChI=1S/C14H22ClNO/c1-10(2)8-16(11(3)4)14-7-13(15)6-5-12(14)9-17/h5-7,10-11,17H,8-9H2,1-4H3. The molecular formula is C14H22ClNO.